The molecule has 0 unspecified atom stereocenters. The minimum Gasteiger partial charge on any atom is -0.393 e. The lowest BCUT2D eigenvalue weighted by Gasteiger charge is -2.38. The van der Waals surface area contributed by atoms with Crippen molar-refractivity contribution in [2.24, 2.45) is 11.1 Å². The molecular weight excluding hydrogens is 258 g/mol. The van der Waals surface area contributed by atoms with E-state index >= 15 is 0 Å². The van der Waals surface area contributed by atoms with Crippen LogP contribution in [-0.4, -0.2) is 34.1 Å². The van der Waals surface area contributed by atoms with Gasteiger partial charge in [0.05, 0.1) is 4.99 Å². The molecule has 5 heteroatoms. The summed E-state index contributed by atoms with van der Waals surface area (Å²) in [7, 11) is 0. The molecule has 0 saturated carbocycles. The van der Waals surface area contributed by atoms with Gasteiger partial charge in [-0.1, -0.05) is 25.2 Å². The summed E-state index contributed by atoms with van der Waals surface area (Å²) in [6.45, 7) is 5.78. The van der Waals surface area contributed by atoms with Crippen LogP contribution in [-0.2, 0) is 6.54 Å². The third kappa shape index (κ3) is 3.42. The molecule has 1 aromatic heterocycles. The zero-order valence-electron chi connectivity index (χ0n) is 11.3. The first kappa shape index (κ1) is 14.2. The van der Waals surface area contributed by atoms with E-state index in [1.807, 2.05) is 12.3 Å². The summed E-state index contributed by atoms with van der Waals surface area (Å²) in [6.07, 6.45) is 3.85. The number of pyridine rings is 1. The second-order valence-electron chi connectivity index (χ2n) is 5.50. The highest BCUT2D eigenvalue weighted by Crippen LogP contribution is 2.30. The summed E-state index contributed by atoms with van der Waals surface area (Å²) in [5.74, 6) is 0. The first-order chi connectivity index (χ1) is 9.01. The molecule has 2 N–H and O–H groups in total. The van der Waals surface area contributed by atoms with Crippen molar-refractivity contribution in [2.45, 2.75) is 26.3 Å². The van der Waals surface area contributed by atoms with E-state index in [2.05, 4.69) is 11.8 Å². The molecule has 104 valence electrons. The quantitative estimate of drug-likeness (QED) is 0.843. The highest BCUT2D eigenvalue weighted by atomic mass is 32.1. The molecule has 4 nitrogen and oxygen atoms in total. The third-order valence-electron chi connectivity index (χ3n) is 4.11. The number of hydrogen-bond acceptors (Lipinski definition) is 3. The predicted molar refractivity (Wildman–Crippen MR) is 81.3 cm³/mol. The number of nitrogens with two attached hydrogens (primary N) is 1. The van der Waals surface area contributed by atoms with Gasteiger partial charge in [-0.15, -0.1) is 0 Å². The SMILES string of the molecule is CC1(C(N)=S)CCN(CCn2ccccc2=O)CC1. The number of piperidine rings is 1. The van der Waals surface area contributed by atoms with Gasteiger partial charge in [-0.3, -0.25) is 4.79 Å². The molecule has 0 amide bonds. The Balaban J connectivity index is 1.85. The fourth-order valence-corrected chi connectivity index (χ4v) is 2.62. The Labute approximate surface area is 119 Å². The maximum absolute atomic E-state index is 11.6. The minimum atomic E-state index is 0.00934. The normalized spacial score (nSPS) is 19.2. The number of nitrogens with zero attached hydrogens (tertiary/aromatic N) is 2. The van der Waals surface area contributed by atoms with E-state index in [4.69, 9.17) is 18.0 Å². The van der Waals surface area contributed by atoms with Crippen molar-refractivity contribution in [1.82, 2.24) is 9.47 Å². The zero-order valence-corrected chi connectivity index (χ0v) is 12.2. The highest BCUT2D eigenvalue weighted by molar-refractivity contribution is 7.80. The molecule has 2 rings (SSSR count). The van der Waals surface area contributed by atoms with E-state index in [0.717, 1.165) is 39.0 Å². The summed E-state index contributed by atoms with van der Waals surface area (Å²) in [5.41, 5.74) is 5.87. The van der Waals surface area contributed by atoms with Crippen molar-refractivity contribution < 1.29 is 0 Å². The maximum atomic E-state index is 11.6. The minimum absolute atomic E-state index is 0.00934. The molecule has 2 heterocycles. The van der Waals surface area contributed by atoms with Crippen molar-refractivity contribution >= 4 is 17.2 Å². The Morgan fingerprint density at radius 2 is 2.05 bits per heavy atom. The monoisotopic (exact) mass is 279 g/mol. The molecule has 0 aliphatic carbocycles. The topological polar surface area (TPSA) is 51.3 Å². The Kier molecular flexibility index (Phi) is 4.37. The molecule has 1 fully saturated rings. The Bertz CT molecular complexity index is 503. The highest BCUT2D eigenvalue weighted by Gasteiger charge is 2.32. The molecule has 0 aromatic carbocycles. The van der Waals surface area contributed by atoms with Gasteiger partial charge in [0.25, 0.3) is 5.56 Å². The average Bonchev–Trinajstić information content (AvgIpc) is 2.40. The Morgan fingerprint density at radius 1 is 1.37 bits per heavy atom. The number of hydrogen-bond donors (Lipinski definition) is 1. The molecule has 0 bridgehead atoms. The predicted octanol–water partition coefficient (Wildman–Crippen LogP) is 1.24. The summed E-state index contributed by atoms with van der Waals surface area (Å²) < 4.78 is 1.75. The van der Waals surface area contributed by atoms with Gasteiger partial charge in [0, 0.05) is 30.8 Å². The second kappa shape index (κ2) is 5.84. The number of aromatic nitrogens is 1. The first-order valence-electron chi connectivity index (χ1n) is 6.69. The first-order valence-corrected chi connectivity index (χ1v) is 7.10. The van der Waals surface area contributed by atoms with E-state index in [9.17, 15) is 4.79 Å². The number of likely N-dealkylation sites (tertiary alicyclic amines) is 1. The molecule has 19 heavy (non-hydrogen) atoms. The lowest BCUT2D eigenvalue weighted by molar-refractivity contribution is 0.159. The molecule has 0 radical (unpaired) electrons. The van der Waals surface area contributed by atoms with Gasteiger partial charge in [0.1, 0.15) is 0 Å². The van der Waals surface area contributed by atoms with E-state index in [1.165, 1.54) is 0 Å². The largest absolute Gasteiger partial charge is 0.393 e. The van der Waals surface area contributed by atoms with Gasteiger partial charge in [0.2, 0.25) is 0 Å². The summed E-state index contributed by atoms with van der Waals surface area (Å²) >= 11 is 5.14. The van der Waals surface area contributed by atoms with Crippen molar-refractivity contribution in [3.05, 3.63) is 34.7 Å². The van der Waals surface area contributed by atoms with Crippen molar-refractivity contribution in [3.63, 3.8) is 0 Å². The molecule has 1 saturated heterocycles. The van der Waals surface area contributed by atoms with Gasteiger partial charge in [-0.05, 0) is 32.0 Å². The summed E-state index contributed by atoms with van der Waals surface area (Å²) in [5, 5.41) is 0. The zero-order chi connectivity index (χ0) is 13.9. The summed E-state index contributed by atoms with van der Waals surface area (Å²) in [4.78, 5) is 14.6. The van der Waals surface area contributed by atoms with E-state index in [1.54, 1.807) is 16.7 Å². The Morgan fingerprint density at radius 3 is 2.63 bits per heavy atom. The van der Waals surface area contributed by atoms with Gasteiger partial charge in [-0.25, -0.2) is 0 Å². The Hall–Kier alpha value is -1.20. The maximum Gasteiger partial charge on any atom is 0.250 e. The molecule has 0 atom stereocenters. The number of thiocarbonyl (C=S) groups is 1. The standard InChI is InChI=1S/C14H21N3OS/c1-14(13(15)19)5-8-16(9-6-14)10-11-17-7-3-2-4-12(17)18/h2-4,7H,5-6,8-11H2,1H3,(H2,15,19). The lowest BCUT2D eigenvalue weighted by Crippen LogP contribution is -2.45. The van der Waals surface area contributed by atoms with Crippen molar-refractivity contribution in [3.8, 4) is 0 Å². The van der Waals surface area contributed by atoms with Crippen LogP contribution in [0.3, 0.4) is 0 Å². The van der Waals surface area contributed by atoms with E-state index < -0.39 is 0 Å². The van der Waals surface area contributed by atoms with Crippen LogP contribution in [0.4, 0.5) is 0 Å². The fraction of sp³-hybridized carbons (Fsp3) is 0.571. The average molecular weight is 279 g/mol. The van der Waals surface area contributed by atoms with Crippen molar-refractivity contribution in [1.29, 1.82) is 0 Å². The van der Waals surface area contributed by atoms with Gasteiger partial charge < -0.3 is 15.2 Å². The molecule has 0 spiro atoms. The van der Waals surface area contributed by atoms with Crippen LogP contribution in [0.25, 0.3) is 0 Å². The number of rotatable bonds is 4. The molecule has 1 aliphatic heterocycles. The third-order valence-corrected chi connectivity index (χ3v) is 4.60. The van der Waals surface area contributed by atoms with Crippen molar-refractivity contribution in [2.75, 3.05) is 19.6 Å². The van der Waals surface area contributed by atoms with Crippen LogP contribution in [0, 0.1) is 5.41 Å². The molecular formula is C14H21N3OS. The van der Waals surface area contributed by atoms with Gasteiger partial charge in [0.15, 0.2) is 0 Å². The van der Waals surface area contributed by atoms with E-state index in [0.29, 0.717) is 4.99 Å². The second-order valence-corrected chi connectivity index (χ2v) is 5.94. The molecule has 1 aliphatic rings. The summed E-state index contributed by atoms with van der Waals surface area (Å²) in [6, 6.07) is 5.26. The van der Waals surface area contributed by atoms with Crippen LogP contribution in [0.1, 0.15) is 19.8 Å². The van der Waals surface area contributed by atoms with Crippen LogP contribution in [0.15, 0.2) is 29.2 Å². The van der Waals surface area contributed by atoms with Crippen LogP contribution >= 0.6 is 12.2 Å². The van der Waals surface area contributed by atoms with Gasteiger partial charge in [-0.2, -0.15) is 0 Å². The fourth-order valence-electron chi connectivity index (χ4n) is 2.41. The van der Waals surface area contributed by atoms with E-state index in [-0.39, 0.29) is 11.0 Å². The van der Waals surface area contributed by atoms with Crippen LogP contribution in [0.2, 0.25) is 0 Å². The van der Waals surface area contributed by atoms with Crippen LogP contribution < -0.4 is 11.3 Å². The smallest absolute Gasteiger partial charge is 0.250 e. The lowest BCUT2D eigenvalue weighted by atomic mass is 9.80. The van der Waals surface area contributed by atoms with Gasteiger partial charge >= 0.3 is 0 Å². The molecule has 1 aromatic rings. The van der Waals surface area contributed by atoms with Crippen LogP contribution in [0.5, 0.6) is 0 Å².